The van der Waals surface area contributed by atoms with E-state index in [4.69, 9.17) is 0 Å². The Morgan fingerprint density at radius 1 is 1.60 bits per heavy atom. The van der Waals surface area contributed by atoms with Crippen LogP contribution < -0.4 is 5.32 Å². The lowest BCUT2D eigenvalue weighted by Gasteiger charge is -2.20. The predicted molar refractivity (Wildman–Crippen MR) is 34.6 cm³/mol. The minimum absolute atomic E-state index is 0.0218. The highest BCUT2D eigenvalue weighted by molar-refractivity contribution is 5.81. The number of amides is 1. The van der Waals surface area contributed by atoms with Crippen molar-refractivity contribution in [3.8, 4) is 0 Å². The molecule has 1 N–H and O–H groups in total. The van der Waals surface area contributed by atoms with Crippen LogP contribution in [0.1, 0.15) is 6.42 Å². The van der Waals surface area contributed by atoms with E-state index in [1.165, 1.54) is 0 Å². The van der Waals surface area contributed by atoms with Gasteiger partial charge in [-0.25, -0.2) is 0 Å². The van der Waals surface area contributed by atoms with Crippen LogP contribution in [0.2, 0.25) is 0 Å². The normalized spacial score (nSPS) is 38.2. The van der Waals surface area contributed by atoms with E-state index in [0.717, 1.165) is 19.5 Å². The van der Waals surface area contributed by atoms with E-state index in [-0.39, 0.29) is 17.9 Å². The van der Waals surface area contributed by atoms with Gasteiger partial charge in [0.05, 0.1) is 12.0 Å². The molecule has 0 spiro atoms. The van der Waals surface area contributed by atoms with Crippen molar-refractivity contribution in [2.24, 2.45) is 16.1 Å². The maximum Gasteiger partial charge on any atom is 0.269 e. The summed E-state index contributed by atoms with van der Waals surface area (Å²) in [6, 6.07) is 0.140. The molecule has 0 bridgehead atoms. The molecule has 0 aromatic carbocycles. The lowest BCUT2D eigenvalue weighted by Crippen LogP contribution is -2.39. The van der Waals surface area contributed by atoms with E-state index in [1.807, 2.05) is 0 Å². The third-order valence-corrected chi connectivity index (χ3v) is 2.07. The molecule has 1 amide bonds. The first-order chi connectivity index (χ1) is 4.88. The molecular formula is C6H9N3O. The topological polar surface area (TPSA) is 53.8 Å². The minimum atomic E-state index is -0.0218. The number of carbonyl (C=O) groups excluding carboxylic acids is 1. The molecule has 2 aliphatic heterocycles. The van der Waals surface area contributed by atoms with Gasteiger partial charge < -0.3 is 5.32 Å². The number of rotatable bonds is 0. The van der Waals surface area contributed by atoms with Gasteiger partial charge in [0.25, 0.3) is 5.91 Å². The van der Waals surface area contributed by atoms with Crippen LogP contribution in [0, 0.1) is 5.92 Å². The molecule has 2 rings (SSSR count). The quantitative estimate of drug-likeness (QED) is 0.512. The summed E-state index contributed by atoms with van der Waals surface area (Å²) in [7, 11) is 0. The molecule has 2 atom stereocenters. The molecule has 4 nitrogen and oxygen atoms in total. The van der Waals surface area contributed by atoms with Crippen LogP contribution >= 0.6 is 0 Å². The van der Waals surface area contributed by atoms with Crippen LogP contribution in [0.15, 0.2) is 10.2 Å². The number of nitrogens with one attached hydrogen (secondary N) is 1. The van der Waals surface area contributed by atoms with Crippen molar-refractivity contribution < 1.29 is 4.79 Å². The first-order valence-electron chi connectivity index (χ1n) is 3.53. The van der Waals surface area contributed by atoms with Crippen molar-refractivity contribution in [2.75, 3.05) is 13.1 Å². The van der Waals surface area contributed by atoms with Crippen LogP contribution in [0.3, 0.4) is 0 Å². The average Bonchev–Trinajstić information content (AvgIpc) is 2.34. The van der Waals surface area contributed by atoms with Gasteiger partial charge >= 0.3 is 0 Å². The van der Waals surface area contributed by atoms with Gasteiger partial charge in [0.15, 0.2) is 0 Å². The van der Waals surface area contributed by atoms with Gasteiger partial charge in [0.2, 0.25) is 0 Å². The summed E-state index contributed by atoms with van der Waals surface area (Å²) in [6.07, 6.45) is 0.899. The zero-order valence-corrected chi connectivity index (χ0v) is 5.58. The van der Waals surface area contributed by atoms with Crippen LogP contribution in [0.4, 0.5) is 0 Å². The third kappa shape index (κ3) is 0.759. The molecule has 1 fully saturated rings. The molecule has 0 aromatic rings. The lowest BCUT2D eigenvalue weighted by atomic mass is 9.94. The summed E-state index contributed by atoms with van der Waals surface area (Å²) in [6.45, 7) is 1.75. The van der Waals surface area contributed by atoms with E-state index in [9.17, 15) is 4.79 Å². The Labute approximate surface area is 58.7 Å². The number of carbonyl (C=O) groups is 1. The monoisotopic (exact) mass is 139 g/mol. The van der Waals surface area contributed by atoms with Crippen molar-refractivity contribution in [3.63, 3.8) is 0 Å². The molecule has 0 aliphatic carbocycles. The highest BCUT2D eigenvalue weighted by atomic mass is 16.2. The summed E-state index contributed by atoms with van der Waals surface area (Å²) in [5, 5.41) is 10.5. The van der Waals surface area contributed by atoms with Gasteiger partial charge in [0, 0.05) is 6.54 Å². The molecule has 4 heteroatoms. The minimum Gasteiger partial charge on any atom is -0.314 e. The SMILES string of the molecule is O=C1N=NC2CNCCC12. The van der Waals surface area contributed by atoms with Crippen LogP contribution in [0.25, 0.3) is 0 Å². The first-order valence-corrected chi connectivity index (χ1v) is 3.53. The molecule has 0 aromatic heterocycles. The molecular weight excluding hydrogens is 130 g/mol. The van der Waals surface area contributed by atoms with E-state index >= 15 is 0 Å². The lowest BCUT2D eigenvalue weighted by molar-refractivity contribution is -0.121. The fraction of sp³-hybridized carbons (Fsp3) is 0.833. The van der Waals surface area contributed by atoms with E-state index < -0.39 is 0 Å². The van der Waals surface area contributed by atoms with Gasteiger partial charge in [-0.05, 0) is 13.0 Å². The van der Waals surface area contributed by atoms with Gasteiger partial charge in [-0.15, -0.1) is 5.11 Å². The number of nitrogens with zero attached hydrogens (tertiary/aromatic N) is 2. The fourth-order valence-electron chi connectivity index (χ4n) is 1.46. The molecule has 0 saturated carbocycles. The number of azo groups is 1. The van der Waals surface area contributed by atoms with Crippen LogP contribution in [0.5, 0.6) is 0 Å². The molecule has 2 unspecified atom stereocenters. The second-order valence-electron chi connectivity index (χ2n) is 2.72. The Morgan fingerprint density at radius 3 is 3.30 bits per heavy atom. The number of piperidine rings is 1. The maximum absolute atomic E-state index is 10.9. The van der Waals surface area contributed by atoms with Crippen molar-refractivity contribution in [1.82, 2.24) is 5.32 Å². The molecule has 0 radical (unpaired) electrons. The number of hydrogen-bond acceptors (Lipinski definition) is 3. The largest absolute Gasteiger partial charge is 0.314 e. The Balaban J connectivity index is 2.14. The van der Waals surface area contributed by atoms with E-state index in [1.54, 1.807) is 0 Å². The van der Waals surface area contributed by atoms with Crippen molar-refractivity contribution in [3.05, 3.63) is 0 Å². The number of fused-ring (bicyclic) bond motifs is 1. The smallest absolute Gasteiger partial charge is 0.269 e. The zero-order chi connectivity index (χ0) is 6.97. The van der Waals surface area contributed by atoms with Crippen molar-refractivity contribution in [1.29, 1.82) is 0 Å². The Bertz CT molecular complexity index is 189. The second-order valence-corrected chi connectivity index (χ2v) is 2.72. The van der Waals surface area contributed by atoms with E-state index in [2.05, 4.69) is 15.5 Å². The molecule has 54 valence electrons. The summed E-state index contributed by atoms with van der Waals surface area (Å²) < 4.78 is 0. The third-order valence-electron chi connectivity index (χ3n) is 2.07. The van der Waals surface area contributed by atoms with Crippen molar-refractivity contribution >= 4 is 5.91 Å². The Morgan fingerprint density at radius 2 is 2.50 bits per heavy atom. The highest BCUT2D eigenvalue weighted by Gasteiger charge is 2.35. The number of hydrogen-bond donors (Lipinski definition) is 1. The van der Waals surface area contributed by atoms with Gasteiger partial charge in [0.1, 0.15) is 0 Å². The van der Waals surface area contributed by atoms with Crippen LogP contribution in [-0.2, 0) is 4.79 Å². The second kappa shape index (κ2) is 2.12. The molecule has 1 saturated heterocycles. The highest BCUT2D eigenvalue weighted by Crippen LogP contribution is 2.22. The van der Waals surface area contributed by atoms with E-state index in [0.29, 0.717) is 0 Å². The summed E-state index contributed by atoms with van der Waals surface area (Å²) in [5.41, 5.74) is 0. The zero-order valence-electron chi connectivity index (χ0n) is 5.58. The van der Waals surface area contributed by atoms with Crippen LogP contribution in [-0.4, -0.2) is 25.0 Å². The molecule has 2 aliphatic rings. The summed E-state index contributed by atoms with van der Waals surface area (Å²) in [4.78, 5) is 10.9. The van der Waals surface area contributed by atoms with Gasteiger partial charge in [-0.3, -0.25) is 4.79 Å². The molecule has 2 heterocycles. The first kappa shape index (κ1) is 5.97. The summed E-state index contributed by atoms with van der Waals surface area (Å²) in [5.74, 6) is 0.0766. The Kier molecular flexibility index (Phi) is 1.27. The fourth-order valence-corrected chi connectivity index (χ4v) is 1.46. The Hall–Kier alpha value is -0.770. The molecule has 10 heavy (non-hydrogen) atoms. The van der Waals surface area contributed by atoms with Crippen molar-refractivity contribution in [2.45, 2.75) is 12.5 Å². The average molecular weight is 139 g/mol. The standard InChI is InChI=1S/C6H9N3O/c10-6-4-1-2-7-3-5(4)8-9-6/h4-5,7H,1-3H2. The maximum atomic E-state index is 10.9. The summed E-state index contributed by atoms with van der Waals surface area (Å²) >= 11 is 0. The predicted octanol–water partition coefficient (Wildman–Crippen LogP) is -0.0431. The van der Waals surface area contributed by atoms with Gasteiger partial charge in [-0.1, -0.05) is 0 Å². The van der Waals surface area contributed by atoms with Gasteiger partial charge in [-0.2, -0.15) is 5.11 Å².